The zero-order valence-electron chi connectivity index (χ0n) is 13.5. The number of aromatic nitrogens is 2. The Balaban J connectivity index is 1.72. The van der Waals surface area contributed by atoms with Crippen molar-refractivity contribution in [3.05, 3.63) is 48.5 Å². The van der Waals surface area contributed by atoms with Crippen molar-refractivity contribution in [1.29, 1.82) is 0 Å². The lowest BCUT2D eigenvalue weighted by molar-refractivity contribution is -0.123. The Hall–Kier alpha value is -2.30. The van der Waals surface area contributed by atoms with Gasteiger partial charge in [0.1, 0.15) is 11.9 Å². The first-order valence-corrected chi connectivity index (χ1v) is 7.63. The van der Waals surface area contributed by atoms with Crippen molar-refractivity contribution in [3.63, 3.8) is 0 Å². The summed E-state index contributed by atoms with van der Waals surface area (Å²) in [6.07, 6.45) is 4.46. The van der Waals surface area contributed by atoms with Crippen LogP contribution in [0.4, 0.5) is 5.69 Å². The number of para-hydroxylation sites is 1. The van der Waals surface area contributed by atoms with Gasteiger partial charge >= 0.3 is 0 Å². The molecule has 0 saturated heterocycles. The van der Waals surface area contributed by atoms with Crippen LogP contribution in [0.25, 0.3) is 0 Å². The number of anilines is 1. The molecular weight excluding hydrogens is 276 g/mol. The van der Waals surface area contributed by atoms with Crippen LogP contribution in [-0.4, -0.2) is 35.6 Å². The molecule has 0 spiro atoms. The van der Waals surface area contributed by atoms with E-state index in [1.807, 2.05) is 42.8 Å². The minimum Gasteiger partial charge on any atom is -0.375 e. The number of aryl methyl sites for hydroxylation is 1. The summed E-state index contributed by atoms with van der Waals surface area (Å²) in [6.45, 7) is 5.37. The molecular formula is C17H24N4O. The fourth-order valence-corrected chi connectivity index (χ4v) is 2.41. The SMILES string of the molecule is Cc1nccn1[C@H](C)C(=O)NCCCN(C)c1ccccc1. The highest BCUT2D eigenvalue weighted by molar-refractivity contribution is 5.79. The van der Waals surface area contributed by atoms with Gasteiger partial charge in [0.25, 0.3) is 0 Å². The van der Waals surface area contributed by atoms with Crippen molar-refractivity contribution in [2.24, 2.45) is 0 Å². The Bertz CT molecular complexity index is 594. The van der Waals surface area contributed by atoms with Crippen LogP contribution < -0.4 is 10.2 Å². The molecule has 1 aromatic carbocycles. The molecule has 1 atom stereocenters. The van der Waals surface area contributed by atoms with Crippen molar-refractivity contribution in [3.8, 4) is 0 Å². The smallest absolute Gasteiger partial charge is 0.242 e. The van der Waals surface area contributed by atoms with Crippen LogP contribution in [-0.2, 0) is 4.79 Å². The van der Waals surface area contributed by atoms with Crippen LogP contribution in [0, 0.1) is 6.92 Å². The van der Waals surface area contributed by atoms with E-state index in [0.717, 1.165) is 18.8 Å². The summed E-state index contributed by atoms with van der Waals surface area (Å²) in [5, 5.41) is 2.99. The molecule has 0 radical (unpaired) electrons. The molecule has 0 fully saturated rings. The molecule has 1 N–H and O–H groups in total. The number of carbonyl (C=O) groups is 1. The molecule has 0 unspecified atom stereocenters. The molecule has 5 heteroatoms. The van der Waals surface area contributed by atoms with Gasteiger partial charge in [0.15, 0.2) is 0 Å². The maximum atomic E-state index is 12.1. The van der Waals surface area contributed by atoms with Gasteiger partial charge in [-0.15, -0.1) is 0 Å². The third-order valence-corrected chi connectivity index (χ3v) is 3.83. The molecule has 0 saturated carbocycles. The molecule has 0 aliphatic carbocycles. The molecule has 2 rings (SSSR count). The predicted molar refractivity (Wildman–Crippen MR) is 89.0 cm³/mol. The van der Waals surface area contributed by atoms with Crippen molar-refractivity contribution in [2.45, 2.75) is 26.3 Å². The van der Waals surface area contributed by atoms with E-state index in [1.54, 1.807) is 6.20 Å². The van der Waals surface area contributed by atoms with Crippen molar-refractivity contribution < 1.29 is 4.79 Å². The standard InChI is InChI=1S/C17H24N4O/c1-14(21-13-11-18-15(21)2)17(22)19-10-7-12-20(3)16-8-5-4-6-9-16/h4-6,8-9,11,13-14H,7,10,12H2,1-3H3,(H,19,22)/t14-/m1/s1. The third kappa shape index (κ3) is 4.10. The number of amides is 1. The lowest BCUT2D eigenvalue weighted by atomic mass is 10.2. The van der Waals surface area contributed by atoms with E-state index < -0.39 is 0 Å². The number of benzene rings is 1. The lowest BCUT2D eigenvalue weighted by Crippen LogP contribution is -2.33. The Morgan fingerprint density at radius 3 is 2.73 bits per heavy atom. The van der Waals surface area contributed by atoms with Crippen LogP contribution in [0.5, 0.6) is 0 Å². The van der Waals surface area contributed by atoms with Gasteiger partial charge in [0, 0.05) is 38.2 Å². The predicted octanol–water partition coefficient (Wildman–Crippen LogP) is 2.40. The van der Waals surface area contributed by atoms with Gasteiger partial charge in [0.2, 0.25) is 5.91 Å². The quantitative estimate of drug-likeness (QED) is 0.799. The number of hydrogen-bond donors (Lipinski definition) is 1. The summed E-state index contributed by atoms with van der Waals surface area (Å²) in [5.74, 6) is 0.884. The summed E-state index contributed by atoms with van der Waals surface area (Å²) >= 11 is 0. The molecule has 1 aromatic heterocycles. The van der Waals surface area contributed by atoms with Crippen LogP contribution in [0.3, 0.4) is 0 Å². The number of nitrogens with zero attached hydrogens (tertiary/aromatic N) is 3. The maximum Gasteiger partial charge on any atom is 0.242 e. The molecule has 2 aromatic rings. The van der Waals surface area contributed by atoms with Crippen molar-refractivity contribution in [2.75, 3.05) is 25.0 Å². The molecule has 0 aliphatic rings. The van der Waals surface area contributed by atoms with Gasteiger partial charge in [0.05, 0.1) is 0 Å². The Kier molecular flexibility index (Phi) is 5.58. The van der Waals surface area contributed by atoms with Gasteiger partial charge in [-0.2, -0.15) is 0 Å². The largest absolute Gasteiger partial charge is 0.375 e. The molecule has 0 aliphatic heterocycles. The maximum absolute atomic E-state index is 12.1. The van der Waals surface area contributed by atoms with E-state index in [4.69, 9.17) is 0 Å². The topological polar surface area (TPSA) is 50.2 Å². The fraction of sp³-hybridized carbons (Fsp3) is 0.412. The van der Waals surface area contributed by atoms with Gasteiger partial charge in [-0.25, -0.2) is 4.98 Å². The number of carbonyl (C=O) groups excluding carboxylic acids is 1. The normalized spacial score (nSPS) is 12.0. The average molecular weight is 300 g/mol. The second-order valence-electron chi connectivity index (χ2n) is 5.46. The van der Waals surface area contributed by atoms with E-state index >= 15 is 0 Å². The summed E-state index contributed by atoms with van der Waals surface area (Å²) in [4.78, 5) is 18.5. The van der Waals surface area contributed by atoms with Crippen LogP contribution in [0.1, 0.15) is 25.2 Å². The molecule has 22 heavy (non-hydrogen) atoms. The number of rotatable bonds is 7. The highest BCUT2D eigenvalue weighted by Crippen LogP contribution is 2.11. The van der Waals surface area contributed by atoms with E-state index in [-0.39, 0.29) is 11.9 Å². The van der Waals surface area contributed by atoms with Gasteiger partial charge in [-0.3, -0.25) is 4.79 Å². The summed E-state index contributed by atoms with van der Waals surface area (Å²) in [6, 6.07) is 10.0. The zero-order valence-corrected chi connectivity index (χ0v) is 13.5. The third-order valence-electron chi connectivity index (χ3n) is 3.83. The zero-order chi connectivity index (χ0) is 15.9. The Morgan fingerprint density at radius 1 is 1.36 bits per heavy atom. The van der Waals surface area contributed by atoms with E-state index in [2.05, 4.69) is 34.4 Å². The van der Waals surface area contributed by atoms with E-state index in [9.17, 15) is 4.79 Å². The first-order chi connectivity index (χ1) is 10.6. The summed E-state index contributed by atoms with van der Waals surface area (Å²) in [5.41, 5.74) is 1.19. The van der Waals surface area contributed by atoms with E-state index in [1.165, 1.54) is 5.69 Å². The molecule has 118 valence electrons. The minimum atomic E-state index is -0.227. The second kappa shape index (κ2) is 7.64. The summed E-state index contributed by atoms with van der Waals surface area (Å²) in [7, 11) is 2.06. The first kappa shape index (κ1) is 16.1. The monoisotopic (exact) mass is 300 g/mol. The molecule has 0 bridgehead atoms. The molecule has 5 nitrogen and oxygen atoms in total. The minimum absolute atomic E-state index is 0.0310. The number of imidazole rings is 1. The Morgan fingerprint density at radius 2 is 2.09 bits per heavy atom. The van der Waals surface area contributed by atoms with Crippen LogP contribution in [0.15, 0.2) is 42.7 Å². The molecule has 1 amide bonds. The average Bonchev–Trinajstić information content (AvgIpc) is 2.97. The van der Waals surface area contributed by atoms with Crippen LogP contribution in [0.2, 0.25) is 0 Å². The Labute approximate surface area is 132 Å². The van der Waals surface area contributed by atoms with Gasteiger partial charge in [-0.1, -0.05) is 18.2 Å². The lowest BCUT2D eigenvalue weighted by Gasteiger charge is -2.20. The van der Waals surface area contributed by atoms with Gasteiger partial charge < -0.3 is 14.8 Å². The molecule has 1 heterocycles. The van der Waals surface area contributed by atoms with Gasteiger partial charge in [-0.05, 0) is 32.4 Å². The van der Waals surface area contributed by atoms with Crippen molar-refractivity contribution in [1.82, 2.24) is 14.9 Å². The number of hydrogen-bond acceptors (Lipinski definition) is 3. The van der Waals surface area contributed by atoms with Crippen molar-refractivity contribution >= 4 is 11.6 Å². The number of nitrogens with one attached hydrogen (secondary N) is 1. The highest BCUT2D eigenvalue weighted by atomic mass is 16.2. The second-order valence-corrected chi connectivity index (χ2v) is 5.46. The first-order valence-electron chi connectivity index (χ1n) is 7.63. The van der Waals surface area contributed by atoms with E-state index in [0.29, 0.717) is 6.54 Å². The van der Waals surface area contributed by atoms with Crippen LogP contribution >= 0.6 is 0 Å². The summed E-state index contributed by atoms with van der Waals surface area (Å²) < 4.78 is 1.88. The highest BCUT2D eigenvalue weighted by Gasteiger charge is 2.15. The fourth-order valence-electron chi connectivity index (χ4n) is 2.41.